The summed E-state index contributed by atoms with van der Waals surface area (Å²) in [6.07, 6.45) is 1.39. The van der Waals surface area contributed by atoms with E-state index in [0.717, 1.165) is 11.3 Å². The molecule has 3 rings (SSSR count). The summed E-state index contributed by atoms with van der Waals surface area (Å²) in [4.78, 5) is 28.1. The predicted molar refractivity (Wildman–Crippen MR) is 87.0 cm³/mol. The number of halogens is 2. The summed E-state index contributed by atoms with van der Waals surface area (Å²) < 4.78 is 5.25. The second-order valence-electron chi connectivity index (χ2n) is 5.21. The highest BCUT2D eigenvalue weighted by atomic mass is 35.5. The Morgan fingerprint density at radius 1 is 1.29 bits per heavy atom. The van der Waals surface area contributed by atoms with E-state index in [0.29, 0.717) is 13.2 Å². The van der Waals surface area contributed by atoms with Crippen LogP contribution in [-0.2, 0) is 22.7 Å². The number of nitrogens with one attached hydrogen (secondary N) is 1. The molecule has 0 spiro atoms. The molecule has 0 fully saturated rings. The van der Waals surface area contributed by atoms with Gasteiger partial charge in [0.05, 0.1) is 34.5 Å². The monoisotopic (exact) mass is 366 g/mol. The average molecular weight is 367 g/mol. The molecule has 0 bridgehead atoms. The lowest BCUT2D eigenvalue weighted by Gasteiger charge is -2.17. The van der Waals surface area contributed by atoms with Crippen LogP contribution in [0, 0.1) is 0 Å². The van der Waals surface area contributed by atoms with Gasteiger partial charge in [-0.2, -0.15) is 0 Å². The molecular formula is C16H12Cl2N2O4. The first kappa shape index (κ1) is 16.7. The summed E-state index contributed by atoms with van der Waals surface area (Å²) in [6.45, 7) is 0.791. The van der Waals surface area contributed by atoms with Crippen LogP contribution in [0.15, 0.2) is 30.5 Å². The number of nitrogens with zero attached hydrogens (tertiary/aromatic N) is 1. The number of carbonyl (C=O) groups is 2. The lowest BCUT2D eigenvalue weighted by atomic mass is 10.1. The summed E-state index contributed by atoms with van der Waals surface area (Å²) in [7, 11) is 0. The van der Waals surface area contributed by atoms with Crippen molar-refractivity contribution in [2.45, 2.75) is 19.3 Å². The fraction of sp³-hybridized carbons (Fsp3) is 0.188. The Labute approximate surface area is 147 Å². The fourth-order valence-electron chi connectivity index (χ4n) is 2.41. The van der Waals surface area contributed by atoms with Gasteiger partial charge in [-0.1, -0.05) is 35.3 Å². The molecule has 0 aliphatic carbocycles. The number of aliphatic carboxylic acids is 1. The summed E-state index contributed by atoms with van der Waals surface area (Å²) in [6, 6.07) is 4.93. The van der Waals surface area contributed by atoms with E-state index in [4.69, 9.17) is 27.9 Å². The Morgan fingerprint density at radius 2 is 2.08 bits per heavy atom. The molecule has 0 saturated carbocycles. The van der Waals surface area contributed by atoms with Crippen molar-refractivity contribution in [3.63, 3.8) is 0 Å². The number of pyridine rings is 1. The minimum absolute atomic E-state index is 0.0901. The van der Waals surface area contributed by atoms with Crippen LogP contribution >= 0.6 is 23.2 Å². The molecule has 1 aliphatic rings. The Kier molecular flexibility index (Phi) is 4.71. The van der Waals surface area contributed by atoms with Gasteiger partial charge < -0.3 is 15.2 Å². The summed E-state index contributed by atoms with van der Waals surface area (Å²) in [5.74, 6) is -1.81. The van der Waals surface area contributed by atoms with Crippen LogP contribution in [0.25, 0.3) is 0 Å². The van der Waals surface area contributed by atoms with Crippen molar-refractivity contribution in [1.82, 2.24) is 10.3 Å². The number of carboxylic acids is 1. The molecule has 1 aliphatic heterocycles. The van der Waals surface area contributed by atoms with Crippen LogP contribution in [-0.4, -0.2) is 22.0 Å². The molecule has 8 heteroatoms. The molecule has 24 heavy (non-hydrogen) atoms. The van der Waals surface area contributed by atoms with Crippen LogP contribution in [0.3, 0.4) is 0 Å². The predicted octanol–water partition coefficient (Wildman–Crippen LogP) is 2.97. The van der Waals surface area contributed by atoms with Crippen LogP contribution in [0.2, 0.25) is 10.0 Å². The third kappa shape index (κ3) is 3.21. The van der Waals surface area contributed by atoms with Crippen molar-refractivity contribution in [3.8, 4) is 0 Å². The molecule has 1 atom stereocenters. The number of rotatable bonds is 4. The Hall–Kier alpha value is -2.15. The number of carbonyl (C=O) groups excluding carboxylic acids is 1. The van der Waals surface area contributed by atoms with E-state index >= 15 is 0 Å². The highest BCUT2D eigenvalue weighted by Gasteiger charge is 2.26. The molecule has 2 heterocycles. The van der Waals surface area contributed by atoms with E-state index in [1.807, 2.05) is 0 Å². The molecule has 0 saturated heterocycles. The maximum Gasteiger partial charge on any atom is 0.330 e. The highest BCUT2D eigenvalue weighted by Crippen LogP contribution is 2.30. The van der Waals surface area contributed by atoms with Crippen LogP contribution < -0.4 is 5.32 Å². The van der Waals surface area contributed by atoms with Gasteiger partial charge in [-0.25, -0.2) is 4.79 Å². The van der Waals surface area contributed by atoms with Gasteiger partial charge in [-0.3, -0.25) is 9.78 Å². The molecule has 1 aromatic carbocycles. The molecule has 1 aromatic heterocycles. The van der Waals surface area contributed by atoms with Crippen molar-refractivity contribution in [2.75, 3.05) is 0 Å². The third-order valence-electron chi connectivity index (χ3n) is 3.63. The van der Waals surface area contributed by atoms with Gasteiger partial charge >= 0.3 is 5.97 Å². The number of benzene rings is 1. The SMILES string of the molecule is O=C(NC(C(=O)O)c1cccc(Cl)c1Cl)c1cnc2c(c1)COC2. The zero-order valence-corrected chi connectivity index (χ0v) is 13.8. The summed E-state index contributed by atoms with van der Waals surface area (Å²) in [5, 5.41) is 12.2. The van der Waals surface area contributed by atoms with E-state index in [2.05, 4.69) is 10.3 Å². The van der Waals surface area contributed by atoms with Gasteiger partial charge in [-0.15, -0.1) is 0 Å². The zero-order chi connectivity index (χ0) is 17.3. The second-order valence-corrected chi connectivity index (χ2v) is 6.00. The number of amides is 1. The van der Waals surface area contributed by atoms with Gasteiger partial charge in [0, 0.05) is 17.3 Å². The number of hydrogen-bond acceptors (Lipinski definition) is 4. The summed E-state index contributed by atoms with van der Waals surface area (Å²) >= 11 is 12.0. The second kappa shape index (κ2) is 6.76. The van der Waals surface area contributed by atoms with E-state index in [1.54, 1.807) is 18.2 Å². The van der Waals surface area contributed by atoms with Crippen molar-refractivity contribution in [2.24, 2.45) is 0 Å². The van der Waals surface area contributed by atoms with Crippen LogP contribution in [0.4, 0.5) is 0 Å². The van der Waals surface area contributed by atoms with E-state index in [-0.39, 0.29) is 21.2 Å². The van der Waals surface area contributed by atoms with Gasteiger partial charge in [-0.05, 0) is 12.1 Å². The quantitative estimate of drug-likeness (QED) is 0.868. The van der Waals surface area contributed by atoms with E-state index in [1.165, 1.54) is 12.3 Å². The molecule has 0 radical (unpaired) electrons. The van der Waals surface area contributed by atoms with Gasteiger partial charge in [0.1, 0.15) is 0 Å². The van der Waals surface area contributed by atoms with Crippen molar-refractivity contribution in [3.05, 3.63) is 62.9 Å². The molecule has 2 N–H and O–H groups in total. The minimum atomic E-state index is -1.33. The first-order chi connectivity index (χ1) is 11.5. The maximum atomic E-state index is 12.4. The molecule has 1 unspecified atom stereocenters. The topological polar surface area (TPSA) is 88.5 Å². The Morgan fingerprint density at radius 3 is 2.83 bits per heavy atom. The number of ether oxygens (including phenoxy) is 1. The molecule has 124 valence electrons. The van der Waals surface area contributed by atoms with Gasteiger partial charge in [0.25, 0.3) is 5.91 Å². The molecular weight excluding hydrogens is 355 g/mol. The number of carboxylic acid groups (broad SMARTS) is 1. The zero-order valence-electron chi connectivity index (χ0n) is 12.3. The number of hydrogen-bond donors (Lipinski definition) is 2. The number of fused-ring (bicyclic) bond motifs is 1. The molecule has 6 nitrogen and oxygen atoms in total. The fourth-order valence-corrected chi connectivity index (χ4v) is 2.82. The summed E-state index contributed by atoms with van der Waals surface area (Å²) in [5.41, 5.74) is 2.06. The van der Waals surface area contributed by atoms with Crippen LogP contribution in [0.1, 0.15) is 33.2 Å². The lowest BCUT2D eigenvalue weighted by molar-refractivity contribution is -0.139. The van der Waals surface area contributed by atoms with Gasteiger partial charge in [0.15, 0.2) is 6.04 Å². The number of aromatic nitrogens is 1. The van der Waals surface area contributed by atoms with E-state index in [9.17, 15) is 14.7 Å². The van der Waals surface area contributed by atoms with E-state index < -0.39 is 17.9 Å². The molecule has 2 aromatic rings. The standard InChI is InChI=1S/C16H12Cl2N2O4/c17-11-3-1-2-10(13(11)18)14(16(22)23)20-15(21)8-4-9-6-24-7-12(9)19-5-8/h1-5,14H,6-7H2,(H,20,21)(H,22,23). The van der Waals surface area contributed by atoms with Crippen molar-refractivity contribution >= 4 is 35.1 Å². The first-order valence-electron chi connectivity index (χ1n) is 7.00. The van der Waals surface area contributed by atoms with Gasteiger partial charge in [0.2, 0.25) is 0 Å². The largest absolute Gasteiger partial charge is 0.479 e. The average Bonchev–Trinajstić information content (AvgIpc) is 3.02. The normalized spacial score (nSPS) is 14.1. The smallest absolute Gasteiger partial charge is 0.330 e. The van der Waals surface area contributed by atoms with Crippen molar-refractivity contribution < 1.29 is 19.4 Å². The lowest BCUT2D eigenvalue weighted by Crippen LogP contribution is -2.34. The van der Waals surface area contributed by atoms with Crippen LogP contribution in [0.5, 0.6) is 0 Å². The molecule has 1 amide bonds. The Bertz CT molecular complexity index is 826. The van der Waals surface area contributed by atoms with Crippen molar-refractivity contribution in [1.29, 1.82) is 0 Å². The third-order valence-corrected chi connectivity index (χ3v) is 4.47. The highest BCUT2D eigenvalue weighted by molar-refractivity contribution is 6.42. The first-order valence-corrected chi connectivity index (χ1v) is 7.76. The Balaban J connectivity index is 1.87. The minimum Gasteiger partial charge on any atom is -0.479 e. The maximum absolute atomic E-state index is 12.4.